The molecule has 0 fully saturated rings. The average molecular weight is 359 g/mol. The predicted molar refractivity (Wildman–Crippen MR) is 86.8 cm³/mol. The smallest absolute Gasteiger partial charge is 0.255 e. The van der Waals surface area contributed by atoms with Crippen LogP contribution in [0.25, 0.3) is 10.2 Å². The number of amides is 1. The maximum atomic E-state index is 12.3. The minimum absolute atomic E-state index is 0.144. The van der Waals surface area contributed by atoms with Gasteiger partial charge in [0, 0.05) is 5.56 Å². The number of pyridine rings is 1. The molecule has 4 nitrogen and oxygen atoms in total. The Labute approximate surface area is 138 Å². The number of halogens is 3. The number of carbonyl (C=O) groups excluding carboxylic acids is 1. The summed E-state index contributed by atoms with van der Waals surface area (Å²) < 4.78 is 0.931. The van der Waals surface area contributed by atoms with Crippen molar-refractivity contribution in [2.75, 3.05) is 5.32 Å². The molecule has 3 rings (SSSR count). The lowest BCUT2D eigenvalue weighted by atomic mass is 10.2. The van der Waals surface area contributed by atoms with Gasteiger partial charge in [-0.2, -0.15) is 0 Å². The Bertz CT molecular complexity index is 830. The normalized spacial score (nSPS) is 10.8. The summed E-state index contributed by atoms with van der Waals surface area (Å²) in [6.45, 7) is 0. The summed E-state index contributed by atoms with van der Waals surface area (Å²) in [5, 5.41) is 3.44. The number of hydrogen-bond donors (Lipinski definition) is 1. The van der Waals surface area contributed by atoms with E-state index in [0.29, 0.717) is 21.8 Å². The third-order valence-electron chi connectivity index (χ3n) is 2.72. The van der Waals surface area contributed by atoms with Crippen LogP contribution in [0.1, 0.15) is 10.4 Å². The van der Waals surface area contributed by atoms with E-state index in [2.05, 4.69) is 15.3 Å². The van der Waals surface area contributed by atoms with Crippen LogP contribution in [-0.2, 0) is 0 Å². The third kappa shape index (κ3) is 2.96. The molecule has 106 valence electrons. The topological polar surface area (TPSA) is 54.9 Å². The van der Waals surface area contributed by atoms with E-state index in [1.54, 1.807) is 11.6 Å². The van der Waals surface area contributed by atoms with E-state index in [1.165, 1.54) is 23.5 Å². The number of rotatable bonds is 2. The molecule has 0 aliphatic rings. The van der Waals surface area contributed by atoms with Crippen molar-refractivity contribution in [3.05, 3.63) is 50.7 Å². The maximum Gasteiger partial charge on any atom is 0.255 e. The van der Waals surface area contributed by atoms with Crippen LogP contribution < -0.4 is 5.32 Å². The van der Waals surface area contributed by atoms with Gasteiger partial charge >= 0.3 is 0 Å². The quantitative estimate of drug-likeness (QED) is 0.663. The molecular weight excluding hydrogens is 353 g/mol. The first kappa shape index (κ1) is 14.5. The number of anilines is 1. The number of nitrogens with one attached hydrogen (secondary N) is 1. The molecule has 8 heteroatoms. The van der Waals surface area contributed by atoms with Gasteiger partial charge in [0.25, 0.3) is 5.91 Å². The van der Waals surface area contributed by atoms with Crippen molar-refractivity contribution in [3.63, 3.8) is 0 Å². The second-order valence-corrected chi connectivity index (χ2v) is 6.14. The first-order chi connectivity index (χ1) is 10.0. The molecule has 1 amide bonds. The summed E-state index contributed by atoms with van der Waals surface area (Å²) in [5.74, 6) is -0.386. The minimum Gasteiger partial charge on any atom is -0.319 e. The van der Waals surface area contributed by atoms with Crippen LogP contribution >= 0.6 is 46.1 Å². The highest BCUT2D eigenvalue weighted by Gasteiger charge is 2.14. The number of fused-ring (bicyclic) bond motifs is 1. The second-order valence-electron chi connectivity index (χ2n) is 4.08. The van der Waals surface area contributed by atoms with E-state index in [1.807, 2.05) is 6.07 Å². The summed E-state index contributed by atoms with van der Waals surface area (Å²) in [6.07, 6.45) is 0. The van der Waals surface area contributed by atoms with Crippen molar-refractivity contribution in [1.82, 2.24) is 9.97 Å². The Hall–Kier alpha value is -1.40. The summed E-state index contributed by atoms with van der Waals surface area (Å²) in [5.41, 5.74) is 3.09. The predicted octanol–water partition coefficient (Wildman–Crippen LogP) is 4.90. The van der Waals surface area contributed by atoms with Gasteiger partial charge in [-0.3, -0.25) is 4.79 Å². The van der Waals surface area contributed by atoms with Crippen molar-refractivity contribution < 1.29 is 4.79 Å². The Balaban J connectivity index is 2.00. The molecule has 0 radical (unpaired) electrons. The van der Waals surface area contributed by atoms with Gasteiger partial charge < -0.3 is 5.32 Å². The van der Waals surface area contributed by atoms with Crippen molar-refractivity contribution >= 4 is 68.0 Å². The monoisotopic (exact) mass is 357 g/mol. The van der Waals surface area contributed by atoms with E-state index < -0.39 is 0 Å². The van der Waals surface area contributed by atoms with Crippen molar-refractivity contribution in [3.8, 4) is 0 Å². The molecule has 0 saturated heterocycles. The van der Waals surface area contributed by atoms with Gasteiger partial charge in [-0.05, 0) is 24.3 Å². The second kappa shape index (κ2) is 5.77. The highest BCUT2D eigenvalue weighted by atomic mass is 35.5. The lowest BCUT2D eigenvalue weighted by Crippen LogP contribution is -2.13. The molecular formula is C13H6Cl3N3OS. The fraction of sp³-hybridized carbons (Fsp3) is 0. The summed E-state index contributed by atoms with van der Waals surface area (Å²) in [6, 6.07) is 6.42. The van der Waals surface area contributed by atoms with Crippen LogP contribution in [0.4, 0.5) is 5.69 Å². The van der Waals surface area contributed by atoms with Crippen molar-refractivity contribution in [2.24, 2.45) is 0 Å². The maximum absolute atomic E-state index is 12.3. The highest BCUT2D eigenvalue weighted by Crippen LogP contribution is 2.32. The standard InChI is InChI=1S/C13H6Cl3N3OS/c14-7-1-2-8-12(17-5-21-8)11(7)19-13(20)6-3-9(15)18-10(16)4-6/h1-5H,(H,19,20). The lowest BCUT2D eigenvalue weighted by molar-refractivity contribution is 0.102. The minimum atomic E-state index is -0.386. The van der Waals surface area contributed by atoms with Crippen LogP contribution in [0, 0.1) is 0 Å². The van der Waals surface area contributed by atoms with Gasteiger partial charge in [0.15, 0.2) is 0 Å². The van der Waals surface area contributed by atoms with Crippen LogP contribution in [-0.4, -0.2) is 15.9 Å². The van der Waals surface area contributed by atoms with Gasteiger partial charge in [0.05, 0.1) is 20.9 Å². The molecule has 0 saturated carbocycles. The summed E-state index contributed by atoms with van der Waals surface area (Å²) in [7, 11) is 0. The van der Waals surface area contributed by atoms with E-state index >= 15 is 0 Å². The van der Waals surface area contributed by atoms with Gasteiger partial charge in [-0.1, -0.05) is 34.8 Å². The largest absolute Gasteiger partial charge is 0.319 e. The Morgan fingerprint density at radius 1 is 1.14 bits per heavy atom. The SMILES string of the molecule is O=C(Nc1c(Cl)ccc2scnc12)c1cc(Cl)nc(Cl)c1. The highest BCUT2D eigenvalue weighted by molar-refractivity contribution is 7.16. The number of thiazole rings is 1. The zero-order valence-electron chi connectivity index (χ0n) is 10.2. The van der Waals surface area contributed by atoms with Gasteiger partial charge in [-0.15, -0.1) is 11.3 Å². The molecule has 1 aromatic carbocycles. The number of carbonyl (C=O) groups is 1. The molecule has 0 bridgehead atoms. The van der Waals surface area contributed by atoms with Gasteiger partial charge in [0.1, 0.15) is 15.8 Å². The molecule has 0 unspecified atom stereocenters. The van der Waals surface area contributed by atoms with Crippen LogP contribution in [0.2, 0.25) is 15.3 Å². The van der Waals surface area contributed by atoms with Crippen LogP contribution in [0.15, 0.2) is 29.8 Å². The molecule has 0 aliphatic carbocycles. The average Bonchev–Trinajstić information content (AvgIpc) is 2.89. The fourth-order valence-electron chi connectivity index (χ4n) is 1.81. The summed E-state index contributed by atoms with van der Waals surface area (Å²) >= 11 is 19.2. The van der Waals surface area contributed by atoms with Crippen LogP contribution in [0.5, 0.6) is 0 Å². The van der Waals surface area contributed by atoms with Crippen molar-refractivity contribution in [1.29, 1.82) is 0 Å². The zero-order valence-corrected chi connectivity index (χ0v) is 13.3. The number of aromatic nitrogens is 2. The Morgan fingerprint density at radius 3 is 2.57 bits per heavy atom. The van der Waals surface area contributed by atoms with E-state index in [-0.39, 0.29) is 16.2 Å². The molecule has 2 heterocycles. The zero-order chi connectivity index (χ0) is 15.0. The Kier molecular flexibility index (Phi) is 3.99. The number of hydrogen-bond acceptors (Lipinski definition) is 4. The molecule has 2 aromatic heterocycles. The Morgan fingerprint density at radius 2 is 1.86 bits per heavy atom. The lowest BCUT2D eigenvalue weighted by Gasteiger charge is -2.08. The number of benzene rings is 1. The molecule has 0 spiro atoms. The molecule has 21 heavy (non-hydrogen) atoms. The molecule has 0 aliphatic heterocycles. The van der Waals surface area contributed by atoms with Crippen LogP contribution in [0.3, 0.4) is 0 Å². The van der Waals surface area contributed by atoms with E-state index in [9.17, 15) is 4.79 Å². The van der Waals surface area contributed by atoms with E-state index in [0.717, 1.165) is 4.70 Å². The van der Waals surface area contributed by atoms with Crippen molar-refractivity contribution in [2.45, 2.75) is 0 Å². The van der Waals surface area contributed by atoms with Gasteiger partial charge in [-0.25, -0.2) is 9.97 Å². The van der Waals surface area contributed by atoms with E-state index in [4.69, 9.17) is 34.8 Å². The number of nitrogens with zero attached hydrogens (tertiary/aromatic N) is 2. The van der Waals surface area contributed by atoms with Gasteiger partial charge in [0.2, 0.25) is 0 Å². The molecule has 3 aromatic rings. The molecule has 1 N–H and O–H groups in total. The first-order valence-electron chi connectivity index (χ1n) is 5.71. The first-order valence-corrected chi connectivity index (χ1v) is 7.72. The fourth-order valence-corrected chi connectivity index (χ4v) is 3.15. The molecule has 0 atom stereocenters. The third-order valence-corrected chi connectivity index (χ3v) is 4.21. The summed E-state index contributed by atoms with van der Waals surface area (Å²) in [4.78, 5) is 20.3.